The zero-order valence-electron chi connectivity index (χ0n) is 21.0. The molecule has 0 unspecified atom stereocenters. The Labute approximate surface area is 202 Å². The molecule has 0 radical (unpaired) electrons. The largest absolute Gasteiger partial charge is 0.416 e. The van der Waals surface area contributed by atoms with Crippen molar-refractivity contribution in [2.24, 2.45) is 4.99 Å². The van der Waals surface area contributed by atoms with Gasteiger partial charge in [-0.15, -0.1) is 0 Å². The van der Waals surface area contributed by atoms with Gasteiger partial charge >= 0.3 is 6.18 Å². The molecule has 0 amide bonds. The topological polar surface area (TPSA) is 39.5 Å². The van der Waals surface area contributed by atoms with E-state index in [9.17, 15) is 13.2 Å². The summed E-state index contributed by atoms with van der Waals surface area (Å²) in [6, 6.07) is 15.1. The first-order valence-electron chi connectivity index (χ1n) is 11.9. The van der Waals surface area contributed by atoms with Crippen LogP contribution >= 0.6 is 0 Å². The fraction of sp³-hybridized carbons (Fsp3) is 0.429. The standard InChI is InChI=1S/C26H32F3N3.C2H6/c1-5-9-24(31-20(4)22-10-7-6-8-11-22)18-32(19(2)3)25(30)17-14-21-12-15-23(16-13-21)26(27,28)29;1-2/h6-8,10-13,15-16,19,30H,4-5,9,14,17-18H2,1-3H3;1-2H3. The minimum Gasteiger partial charge on any atom is -0.353 e. The number of hydrogen-bond donors (Lipinski definition) is 1. The number of hydrogen-bond acceptors (Lipinski definition) is 2. The summed E-state index contributed by atoms with van der Waals surface area (Å²) in [5.41, 5.74) is 2.77. The molecule has 0 aliphatic rings. The van der Waals surface area contributed by atoms with E-state index in [0.29, 0.717) is 30.9 Å². The van der Waals surface area contributed by atoms with Gasteiger partial charge in [0.05, 0.1) is 23.6 Å². The molecular weight excluding hydrogens is 435 g/mol. The van der Waals surface area contributed by atoms with E-state index in [2.05, 4.69) is 13.5 Å². The van der Waals surface area contributed by atoms with E-state index in [1.54, 1.807) is 0 Å². The molecule has 3 nitrogen and oxygen atoms in total. The Morgan fingerprint density at radius 2 is 1.59 bits per heavy atom. The molecule has 0 bridgehead atoms. The van der Waals surface area contributed by atoms with E-state index < -0.39 is 11.7 Å². The predicted molar refractivity (Wildman–Crippen MR) is 139 cm³/mol. The number of benzene rings is 2. The Morgan fingerprint density at radius 3 is 2.09 bits per heavy atom. The van der Waals surface area contributed by atoms with Gasteiger partial charge in [0.15, 0.2) is 0 Å². The van der Waals surface area contributed by atoms with E-state index >= 15 is 0 Å². The van der Waals surface area contributed by atoms with Gasteiger partial charge in [0.2, 0.25) is 0 Å². The van der Waals surface area contributed by atoms with Crippen LogP contribution < -0.4 is 0 Å². The second-order valence-electron chi connectivity index (χ2n) is 8.10. The lowest BCUT2D eigenvalue weighted by molar-refractivity contribution is -0.137. The number of aryl methyl sites for hydroxylation is 1. The summed E-state index contributed by atoms with van der Waals surface area (Å²) in [6.07, 6.45) is -1.63. The van der Waals surface area contributed by atoms with E-state index in [4.69, 9.17) is 10.4 Å². The van der Waals surface area contributed by atoms with Crippen LogP contribution in [0.4, 0.5) is 13.2 Å². The van der Waals surface area contributed by atoms with Gasteiger partial charge in [0.1, 0.15) is 0 Å². The van der Waals surface area contributed by atoms with E-state index in [-0.39, 0.29) is 6.04 Å². The summed E-state index contributed by atoms with van der Waals surface area (Å²) in [7, 11) is 0. The van der Waals surface area contributed by atoms with Gasteiger partial charge in [-0.05, 0) is 49.9 Å². The number of aliphatic imine (C=N–C) groups is 1. The average molecular weight is 474 g/mol. The normalized spacial score (nSPS) is 11.6. The fourth-order valence-electron chi connectivity index (χ4n) is 3.40. The predicted octanol–water partition coefficient (Wildman–Crippen LogP) is 8.26. The molecule has 1 N–H and O–H groups in total. The maximum absolute atomic E-state index is 12.8. The van der Waals surface area contributed by atoms with Crippen LogP contribution in [0.5, 0.6) is 0 Å². The number of nitrogens with one attached hydrogen (secondary N) is 1. The van der Waals surface area contributed by atoms with Crippen molar-refractivity contribution in [3.63, 3.8) is 0 Å². The first-order chi connectivity index (χ1) is 16.1. The van der Waals surface area contributed by atoms with Crippen LogP contribution in [-0.4, -0.2) is 29.0 Å². The first kappa shape index (κ1) is 29.1. The minimum atomic E-state index is -4.33. The molecular formula is C28H38F3N3. The maximum Gasteiger partial charge on any atom is 0.416 e. The van der Waals surface area contributed by atoms with E-state index in [1.807, 2.05) is 62.9 Å². The Kier molecular flexibility index (Phi) is 12.3. The highest BCUT2D eigenvalue weighted by molar-refractivity contribution is 5.94. The molecule has 2 aromatic carbocycles. The van der Waals surface area contributed by atoms with Gasteiger partial charge in [0, 0.05) is 18.2 Å². The van der Waals surface area contributed by atoms with Crippen LogP contribution in [0, 0.1) is 5.41 Å². The summed E-state index contributed by atoms with van der Waals surface area (Å²) in [4.78, 5) is 6.77. The quantitative estimate of drug-likeness (QED) is 0.274. The maximum atomic E-state index is 12.8. The van der Waals surface area contributed by atoms with Crippen LogP contribution in [0.2, 0.25) is 0 Å². The van der Waals surface area contributed by atoms with Gasteiger partial charge in [0.25, 0.3) is 0 Å². The fourth-order valence-corrected chi connectivity index (χ4v) is 3.40. The number of rotatable bonds is 10. The van der Waals surface area contributed by atoms with Gasteiger partial charge in [-0.1, -0.05) is 76.2 Å². The zero-order valence-corrected chi connectivity index (χ0v) is 21.0. The van der Waals surface area contributed by atoms with Crippen LogP contribution in [0.3, 0.4) is 0 Å². The van der Waals surface area contributed by atoms with Crippen molar-refractivity contribution < 1.29 is 13.2 Å². The number of nitrogens with zero attached hydrogens (tertiary/aromatic N) is 2. The lowest BCUT2D eigenvalue weighted by Crippen LogP contribution is -2.40. The molecule has 0 spiro atoms. The summed E-state index contributed by atoms with van der Waals surface area (Å²) in [5, 5.41) is 8.61. The third-order valence-electron chi connectivity index (χ3n) is 5.19. The number of amidine groups is 1. The Bertz CT molecular complexity index is 914. The van der Waals surface area contributed by atoms with Crippen molar-refractivity contribution in [2.45, 2.75) is 72.5 Å². The Morgan fingerprint density at radius 1 is 1.00 bits per heavy atom. The lowest BCUT2D eigenvalue weighted by atomic mass is 10.1. The number of alkyl halides is 3. The molecule has 0 saturated carbocycles. The van der Waals surface area contributed by atoms with Crippen molar-refractivity contribution in [1.29, 1.82) is 5.41 Å². The van der Waals surface area contributed by atoms with Gasteiger partial charge < -0.3 is 4.90 Å². The van der Waals surface area contributed by atoms with Crippen molar-refractivity contribution >= 4 is 17.2 Å². The smallest absolute Gasteiger partial charge is 0.353 e. The van der Waals surface area contributed by atoms with Gasteiger partial charge in [-0.25, -0.2) is 0 Å². The highest BCUT2D eigenvalue weighted by atomic mass is 19.4. The molecule has 0 saturated heterocycles. The molecule has 0 fully saturated rings. The molecule has 34 heavy (non-hydrogen) atoms. The molecule has 2 rings (SSSR count). The monoisotopic (exact) mass is 473 g/mol. The molecule has 0 heterocycles. The van der Waals surface area contributed by atoms with Crippen LogP contribution in [0.1, 0.15) is 70.6 Å². The molecule has 0 atom stereocenters. The lowest BCUT2D eigenvalue weighted by Gasteiger charge is -2.30. The van der Waals surface area contributed by atoms with E-state index in [1.165, 1.54) is 12.1 Å². The second-order valence-corrected chi connectivity index (χ2v) is 8.10. The van der Waals surface area contributed by atoms with Crippen LogP contribution in [0.25, 0.3) is 5.70 Å². The van der Waals surface area contributed by atoms with E-state index in [0.717, 1.165) is 41.8 Å². The molecule has 0 aromatic heterocycles. The highest BCUT2D eigenvalue weighted by Crippen LogP contribution is 2.29. The minimum absolute atomic E-state index is 0.0992. The van der Waals surface area contributed by atoms with Crippen LogP contribution in [0.15, 0.2) is 66.2 Å². The Balaban J connectivity index is 0.00000281. The second kappa shape index (κ2) is 14.4. The molecule has 2 aromatic rings. The van der Waals surface area contributed by atoms with Crippen LogP contribution in [-0.2, 0) is 12.6 Å². The molecule has 0 aliphatic carbocycles. The third kappa shape index (κ3) is 9.54. The Hall–Kier alpha value is -2.89. The third-order valence-corrected chi connectivity index (χ3v) is 5.19. The average Bonchev–Trinajstić information content (AvgIpc) is 2.82. The summed E-state index contributed by atoms with van der Waals surface area (Å²) >= 11 is 0. The zero-order chi connectivity index (χ0) is 25.7. The molecule has 186 valence electrons. The molecule has 6 heteroatoms. The summed E-state index contributed by atoms with van der Waals surface area (Å²) in [6.45, 7) is 14.8. The van der Waals surface area contributed by atoms with Crippen molar-refractivity contribution in [3.05, 3.63) is 77.9 Å². The van der Waals surface area contributed by atoms with Gasteiger partial charge in [-0.2, -0.15) is 13.2 Å². The van der Waals surface area contributed by atoms with Crippen molar-refractivity contribution in [3.8, 4) is 0 Å². The number of halogens is 3. The summed E-state index contributed by atoms with van der Waals surface area (Å²) < 4.78 is 38.3. The SMILES string of the molecule is C=C(N=C(CCC)CN(C(=N)CCc1ccc(C(F)(F)F)cc1)C(C)C)c1ccccc1.CC. The molecule has 0 aliphatic heterocycles. The first-order valence-corrected chi connectivity index (χ1v) is 11.9. The van der Waals surface area contributed by atoms with Gasteiger partial charge in [-0.3, -0.25) is 10.4 Å². The summed E-state index contributed by atoms with van der Waals surface area (Å²) in [5.74, 6) is 0.453. The van der Waals surface area contributed by atoms with Crippen molar-refractivity contribution in [2.75, 3.05) is 6.54 Å². The highest BCUT2D eigenvalue weighted by Gasteiger charge is 2.29. The van der Waals surface area contributed by atoms with Crippen molar-refractivity contribution in [1.82, 2.24) is 4.90 Å².